The van der Waals surface area contributed by atoms with Crippen LogP contribution in [0.5, 0.6) is 0 Å². The third-order valence-electron chi connectivity index (χ3n) is 1.80. The second-order valence-corrected chi connectivity index (χ2v) is 2.64. The molecule has 0 aromatic rings. The first kappa shape index (κ1) is 9.44. The summed E-state index contributed by atoms with van der Waals surface area (Å²) in [5.74, 6) is -0.174. The van der Waals surface area contributed by atoms with Gasteiger partial charge in [0.25, 0.3) is 0 Å². The lowest BCUT2D eigenvalue weighted by Gasteiger charge is -2.17. The standard InChI is InChI=1S/C7H14N2O3/c1-11-7-5(2-3-12-7)9-6(10)4-8/h5,7H,2-4,8H2,1H3,(H,9,10)/t5-,7?/m0/s1. The maximum absolute atomic E-state index is 10.9. The molecule has 0 radical (unpaired) electrons. The summed E-state index contributed by atoms with van der Waals surface area (Å²) in [6, 6.07) is -0.0500. The van der Waals surface area contributed by atoms with Gasteiger partial charge in [0.2, 0.25) is 5.91 Å². The monoisotopic (exact) mass is 174 g/mol. The summed E-state index contributed by atoms with van der Waals surface area (Å²) in [5, 5.41) is 2.72. The average molecular weight is 174 g/mol. The van der Waals surface area contributed by atoms with Gasteiger partial charge in [0, 0.05) is 7.11 Å². The zero-order valence-electron chi connectivity index (χ0n) is 7.08. The van der Waals surface area contributed by atoms with Crippen molar-refractivity contribution >= 4 is 5.91 Å². The molecule has 5 nitrogen and oxygen atoms in total. The Kier molecular flexibility index (Phi) is 3.46. The van der Waals surface area contributed by atoms with Crippen LogP contribution in [0, 0.1) is 0 Å². The van der Waals surface area contributed by atoms with Crippen LogP contribution < -0.4 is 11.1 Å². The van der Waals surface area contributed by atoms with E-state index in [0.717, 1.165) is 6.42 Å². The maximum Gasteiger partial charge on any atom is 0.234 e. The lowest BCUT2D eigenvalue weighted by molar-refractivity contribution is -0.127. The van der Waals surface area contributed by atoms with Gasteiger partial charge in [0.15, 0.2) is 6.29 Å². The van der Waals surface area contributed by atoms with Crippen LogP contribution in [-0.2, 0) is 14.3 Å². The Labute approximate surface area is 71.2 Å². The van der Waals surface area contributed by atoms with Gasteiger partial charge in [0.05, 0.1) is 19.2 Å². The van der Waals surface area contributed by atoms with Crippen molar-refractivity contribution in [1.29, 1.82) is 0 Å². The van der Waals surface area contributed by atoms with Crippen LogP contribution in [-0.4, -0.2) is 38.5 Å². The molecule has 0 bridgehead atoms. The molecule has 12 heavy (non-hydrogen) atoms. The first-order chi connectivity index (χ1) is 5.77. The third-order valence-corrected chi connectivity index (χ3v) is 1.80. The van der Waals surface area contributed by atoms with E-state index in [-0.39, 0.29) is 24.8 Å². The van der Waals surface area contributed by atoms with Crippen LogP contribution in [0.15, 0.2) is 0 Å². The van der Waals surface area contributed by atoms with Gasteiger partial charge in [-0.05, 0) is 6.42 Å². The molecule has 1 heterocycles. The molecule has 1 unspecified atom stereocenters. The van der Waals surface area contributed by atoms with Gasteiger partial charge in [-0.3, -0.25) is 4.79 Å². The van der Waals surface area contributed by atoms with E-state index < -0.39 is 0 Å². The highest BCUT2D eigenvalue weighted by Crippen LogP contribution is 2.13. The lowest BCUT2D eigenvalue weighted by Crippen LogP contribution is -2.43. The summed E-state index contributed by atoms with van der Waals surface area (Å²) >= 11 is 0. The van der Waals surface area contributed by atoms with E-state index in [2.05, 4.69) is 5.32 Å². The number of nitrogens with one attached hydrogen (secondary N) is 1. The van der Waals surface area contributed by atoms with Gasteiger partial charge in [-0.2, -0.15) is 0 Å². The van der Waals surface area contributed by atoms with Crippen LogP contribution in [0.3, 0.4) is 0 Å². The second-order valence-electron chi connectivity index (χ2n) is 2.64. The topological polar surface area (TPSA) is 73.6 Å². The number of carbonyl (C=O) groups is 1. The minimum absolute atomic E-state index is 0.00688. The van der Waals surface area contributed by atoms with Crippen LogP contribution >= 0.6 is 0 Å². The lowest BCUT2D eigenvalue weighted by atomic mass is 10.2. The molecule has 2 atom stereocenters. The van der Waals surface area contributed by atoms with Crippen molar-refractivity contribution in [1.82, 2.24) is 5.32 Å². The molecule has 0 saturated carbocycles. The van der Waals surface area contributed by atoms with E-state index in [0.29, 0.717) is 6.61 Å². The first-order valence-corrected chi connectivity index (χ1v) is 3.91. The fraction of sp³-hybridized carbons (Fsp3) is 0.857. The molecule has 0 spiro atoms. The predicted octanol–water partition coefficient (Wildman–Crippen LogP) is -1.18. The minimum atomic E-state index is -0.319. The molecule has 70 valence electrons. The molecule has 1 rings (SSSR count). The van der Waals surface area contributed by atoms with Crippen LogP contribution in [0.4, 0.5) is 0 Å². The quantitative estimate of drug-likeness (QED) is 0.565. The minimum Gasteiger partial charge on any atom is -0.354 e. The molecule has 3 N–H and O–H groups in total. The highest BCUT2D eigenvalue weighted by Gasteiger charge is 2.28. The zero-order chi connectivity index (χ0) is 8.97. The van der Waals surface area contributed by atoms with Crippen molar-refractivity contribution in [2.75, 3.05) is 20.3 Å². The molecule has 0 aromatic heterocycles. The summed E-state index contributed by atoms with van der Waals surface area (Å²) in [6.07, 6.45) is 0.463. The van der Waals surface area contributed by atoms with Gasteiger partial charge >= 0.3 is 0 Å². The second kappa shape index (κ2) is 4.39. The maximum atomic E-state index is 10.9. The number of methoxy groups -OCH3 is 1. The van der Waals surface area contributed by atoms with Crippen molar-refractivity contribution in [2.45, 2.75) is 18.8 Å². The van der Waals surface area contributed by atoms with E-state index in [1.807, 2.05) is 0 Å². The van der Waals surface area contributed by atoms with Gasteiger partial charge in [-0.1, -0.05) is 0 Å². The normalized spacial score (nSPS) is 28.8. The fourth-order valence-corrected chi connectivity index (χ4v) is 1.20. The molecule has 0 aliphatic carbocycles. The van der Waals surface area contributed by atoms with Gasteiger partial charge in [-0.15, -0.1) is 0 Å². The summed E-state index contributed by atoms with van der Waals surface area (Å²) < 4.78 is 10.2. The fourth-order valence-electron chi connectivity index (χ4n) is 1.20. The van der Waals surface area contributed by atoms with E-state index in [1.165, 1.54) is 0 Å². The molecule has 1 saturated heterocycles. The SMILES string of the molecule is COC1OCC[C@@H]1NC(=O)CN. The van der Waals surface area contributed by atoms with Crippen molar-refractivity contribution < 1.29 is 14.3 Å². The Bertz CT molecular complexity index is 163. The number of carbonyl (C=O) groups excluding carboxylic acids is 1. The Balaban J connectivity index is 2.35. The van der Waals surface area contributed by atoms with Crippen molar-refractivity contribution in [2.24, 2.45) is 5.73 Å². The van der Waals surface area contributed by atoms with Gasteiger partial charge < -0.3 is 20.5 Å². The van der Waals surface area contributed by atoms with Crippen LogP contribution in [0.25, 0.3) is 0 Å². The number of rotatable bonds is 3. The molecule has 1 aliphatic rings. The Morgan fingerprint density at radius 3 is 3.17 bits per heavy atom. The Morgan fingerprint density at radius 2 is 2.58 bits per heavy atom. The Morgan fingerprint density at radius 1 is 1.83 bits per heavy atom. The van der Waals surface area contributed by atoms with Crippen LogP contribution in [0.2, 0.25) is 0 Å². The molecule has 5 heteroatoms. The van der Waals surface area contributed by atoms with Crippen molar-refractivity contribution in [3.63, 3.8) is 0 Å². The summed E-state index contributed by atoms with van der Waals surface area (Å²) in [6.45, 7) is 0.626. The van der Waals surface area contributed by atoms with Gasteiger partial charge in [0.1, 0.15) is 0 Å². The smallest absolute Gasteiger partial charge is 0.234 e. The van der Waals surface area contributed by atoms with Crippen molar-refractivity contribution in [3.8, 4) is 0 Å². The van der Waals surface area contributed by atoms with Crippen molar-refractivity contribution in [3.05, 3.63) is 0 Å². The van der Waals surface area contributed by atoms with E-state index in [9.17, 15) is 4.79 Å². The molecule has 1 fully saturated rings. The molecular weight excluding hydrogens is 160 g/mol. The highest BCUT2D eigenvalue weighted by molar-refractivity contribution is 5.78. The van der Waals surface area contributed by atoms with E-state index >= 15 is 0 Å². The zero-order valence-corrected chi connectivity index (χ0v) is 7.08. The molecule has 1 aliphatic heterocycles. The average Bonchev–Trinajstić information content (AvgIpc) is 2.51. The predicted molar refractivity (Wildman–Crippen MR) is 42.4 cm³/mol. The third kappa shape index (κ3) is 2.17. The van der Waals surface area contributed by atoms with E-state index in [4.69, 9.17) is 15.2 Å². The Hall–Kier alpha value is -0.650. The number of hydrogen-bond donors (Lipinski definition) is 2. The van der Waals surface area contributed by atoms with E-state index in [1.54, 1.807) is 7.11 Å². The number of ether oxygens (including phenoxy) is 2. The number of hydrogen-bond acceptors (Lipinski definition) is 4. The highest BCUT2D eigenvalue weighted by atomic mass is 16.7. The molecular formula is C7H14N2O3. The molecule has 0 aromatic carbocycles. The summed E-state index contributed by atoms with van der Waals surface area (Å²) in [5.41, 5.74) is 5.14. The first-order valence-electron chi connectivity index (χ1n) is 3.91. The van der Waals surface area contributed by atoms with Gasteiger partial charge in [-0.25, -0.2) is 0 Å². The van der Waals surface area contributed by atoms with Crippen LogP contribution in [0.1, 0.15) is 6.42 Å². The number of amides is 1. The largest absolute Gasteiger partial charge is 0.354 e. The summed E-state index contributed by atoms with van der Waals surface area (Å²) in [7, 11) is 1.55. The molecule has 1 amide bonds. The number of nitrogens with two attached hydrogens (primary N) is 1. The summed E-state index contributed by atoms with van der Waals surface area (Å²) in [4.78, 5) is 10.9.